The van der Waals surface area contributed by atoms with Crippen molar-refractivity contribution in [1.29, 1.82) is 0 Å². The van der Waals surface area contributed by atoms with Gasteiger partial charge >= 0.3 is 0 Å². The Kier molecular flexibility index (Phi) is 5.66. The van der Waals surface area contributed by atoms with Gasteiger partial charge in [-0.05, 0) is 80.6 Å². The van der Waals surface area contributed by atoms with Crippen LogP contribution in [0.5, 0.6) is 0 Å². The molecule has 1 aromatic carbocycles. The number of benzene rings is 1. The number of hydrogen-bond donors (Lipinski definition) is 2. The van der Waals surface area contributed by atoms with Gasteiger partial charge in [0.2, 0.25) is 0 Å². The third-order valence-corrected chi connectivity index (χ3v) is 8.98. The molecule has 1 spiro atoms. The van der Waals surface area contributed by atoms with Crippen molar-refractivity contribution in [3.63, 3.8) is 0 Å². The molecular formula is C28H39N5. The molecule has 0 radical (unpaired) electrons. The van der Waals surface area contributed by atoms with Crippen LogP contribution < -0.4 is 15.5 Å². The second-order valence-corrected chi connectivity index (χ2v) is 11.2. The van der Waals surface area contributed by atoms with Crippen molar-refractivity contribution < 1.29 is 0 Å². The predicted octanol–water partition coefficient (Wildman–Crippen LogP) is 4.97. The number of aromatic nitrogens is 2. The topological polar surface area (TPSA) is 53.1 Å². The Bertz CT molecular complexity index is 1000. The Labute approximate surface area is 198 Å². The van der Waals surface area contributed by atoms with Crippen LogP contribution in [-0.4, -0.2) is 35.6 Å². The Morgan fingerprint density at radius 3 is 2.73 bits per heavy atom. The van der Waals surface area contributed by atoms with Crippen molar-refractivity contribution in [3.05, 3.63) is 46.9 Å². The van der Waals surface area contributed by atoms with Crippen LogP contribution in [0.25, 0.3) is 0 Å². The van der Waals surface area contributed by atoms with E-state index in [1.54, 1.807) is 5.56 Å². The molecule has 4 aliphatic rings. The van der Waals surface area contributed by atoms with Crippen LogP contribution in [0.15, 0.2) is 24.5 Å². The van der Waals surface area contributed by atoms with Gasteiger partial charge in [0.1, 0.15) is 12.1 Å². The maximum atomic E-state index is 4.96. The fourth-order valence-electron chi connectivity index (χ4n) is 7.24. The van der Waals surface area contributed by atoms with Gasteiger partial charge in [0.05, 0.1) is 0 Å². The van der Waals surface area contributed by atoms with E-state index in [0.29, 0.717) is 17.9 Å². The zero-order valence-electron chi connectivity index (χ0n) is 20.4. The molecule has 0 amide bonds. The lowest BCUT2D eigenvalue weighted by Gasteiger charge is -2.36. The second kappa shape index (κ2) is 8.66. The van der Waals surface area contributed by atoms with Gasteiger partial charge in [0, 0.05) is 41.5 Å². The van der Waals surface area contributed by atoms with Gasteiger partial charge in [-0.2, -0.15) is 0 Å². The molecule has 1 saturated heterocycles. The fraction of sp³-hybridized carbons (Fsp3) is 0.643. The summed E-state index contributed by atoms with van der Waals surface area (Å²) in [5, 5.41) is 7.53. The quantitative estimate of drug-likeness (QED) is 0.681. The molecule has 2 aliphatic carbocycles. The number of piperidine rings is 1. The van der Waals surface area contributed by atoms with Gasteiger partial charge in [-0.15, -0.1) is 0 Å². The van der Waals surface area contributed by atoms with Gasteiger partial charge in [-0.3, -0.25) is 0 Å². The van der Waals surface area contributed by atoms with E-state index in [1.165, 1.54) is 73.3 Å². The minimum Gasteiger partial charge on any atom is -0.325 e. The number of aryl methyl sites for hydroxylation is 1. The summed E-state index contributed by atoms with van der Waals surface area (Å²) in [5.41, 5.74) is 7.44. The molecule has 33 heavy (non-hydrogen) atoms. The molecule has 176 valence electrons. The number of hydrogen-bond acceptors (Lipinski definition) is 5. The highest BCUT2D eigenvalue weighted by molar-refractivity contribution is 5.75. The molecule has 1 aromatic heterocycles. The van der Waals surface area contributed by atoms with Crippen LogP contribution in [0.1, 0.15) is 87.1 Å². The van der Waals surface area contributed by atoms with Crippen LogP contribution in [-0.2, 0) is 18.4 Å². The van der Waals surface area contributed by atoms with Crippen molar-refractivity contribution in [2.24, 2.45) is 5.92 Å². The van der Waals surface area contributed by atoms with E-state index >= 15 is 0 Å². The number of nitrogens with one attached hydrogen (secondary N) is 2. The molecule has 2 N–H and O–H groups in total. The summed E-state index contributed by atoms with van der Waals surface area (Å²) in [6, 6.07) is 7.71. The molecule has 0 bridgehead atoms. The summed E-state index contributed by atoms with van der Waals surface area (Å²) in [7, 11) is 0. The van der Waals surface area contributed by atoms with Crippen LogP contribution in [0, 0.1) is 5.92 Å². The Morgan fingerprint density at radius 1 is 1.12 bits per heavy atom. The number of nitrogens with zero attached hydrogens (tertiary/aromatic N) is 3. The van der Waals surface area contributed by atoms with Gasteiger partial charge in [-0.25, -0.2) is 9.97 Å². The molecule has 2 fully saturated rings. The monoisotopic (exact) mass is 445 g/mol. The largest absolute Gasteiger partial charge is 0.325 e. The zero-order valence-corrected chi connectivity index (χ0v) is 20.4. The lowest BCUT2D eigenvalue weighted by atomic mass is 9.73. The summed E-state index contributed by atoms with van der Waals surface area (Å²) in [5.74, 6) is 2.37. The lowest BCUT2D eigenvalue weighted by molar-refractivity contribution is 0.326. The standard InChI is InChI=1S/C28H39N5/c1-19(2)22-10-11-23-25(22)27(32-18-31-23)33-17-28(12-14-29-15-13-28)26-20(6-5-9-24(26)33)16-30-21-7-3-4-8-21/h5-6,9,18-19,21-22,29-30H,3-4,7-8,10-17H2,1-2H3/t22-/m0/s1. The van der Waals surface area contributed by atoms with Gasteiger partial charge in [0.15, 0.2) is 0 Å². The molecule has 3 heterocycles. The minimum absolute atomic E-state index is 0.221. The molecule has 5 heteroatoms. The average molecular weight is 446 g/mol. The Hall–Kier alpha value is -1.98. The lowest BCUT2D eigenvalue weighted by Crippen LogP contribution is -2.43. The van der Waals surface area contributed by atoms with E-state index in [9.17, 15) is 0 Å². The fourth-order valence-corrected chi connectivity index (χ4v) is 7.24. The summed E-state index contributed by atoms with van der Waals surface area (Å²) in [6.07, 6.45) is 12.0. The maximum Gasteiger partial charge on any atom is 0.140 e. The van der Waals surface area contributed by atoms with E-state index in [-0.39, 0.29) is 5.41 Å². The average Bonchev–Trinajstić information content (AvgIpc) is 3.57. The van der Waals surface area contributed by atoms with E-state index in [0.717, 1.165) is 32.6 Å². The highest BCUT2D eigenvalue weighted by Crippen LogP contribution is 2.52. The number of fused-ring (bicyclic) bond motifs is 3. The van der Waals surface area contributed by atoms with Crippen LogP contribution >= 0.6 is 0 Å². The third kappa shape index (κ3) is 3.68. The summed E-state index contributed by atoms with van der Waals surface area (Å²) in [4.78, 5) is 12.3. The second-order valence-electron chi connectivity index (χ2n) is 11.2. The molecule has 1 saturated carbocycles. The van der Waals surface area contributed by atoms with Crippen molar-refractivity contribution in [3.8, 4) is 0 Å². The summed E-state index contributed by atoms with van der Waals surface area (Å²) >= 11 is 0. The zero-order chi connectivity index (χ0) is 22.4. The molecule has 5 nitrogen and oxygen atoms in total. The predicted molar refractivity (Wildman–Crippen MR) is 134 cm³/mol. The normalized spacial score (nSPS) is 24.1. The first-order valence-corrected chi connectivity index (χ1v) is 13.3. The van der Waals surface area contributed by atoms with Crippen molar-refractivity contribution >= 4 is 11.5 Å². The first kappa shape index (κ1) is 21.5. The minimum atomic E-state index is 0.221. The first-order valence-electron chi connectivity index (χ1n) is 13.3. The van der Waals surface area contributed by atoms with Crippen molar-refractivity contribution in [1.82, 2.24) is 20.6 Å². The third-order valence-electron chi connectivity index (χ3n) is 8.98. The SMILES string of the molecule is CC(C)[C@@H]1CCc2ncnc(N3CC4(CCNCC4)c4c(CNC5CCCC5)cccc43)c21. The van der Waals surface area contributed by atoms with Gasteiger partial charge in [-0.1, -0.05) is 38.8 Å². The van der Waals surface area contributed by atoms with E-state index in [4.69, 9.17) is 9.97 Å². The van der Waals surface area contributed by atoms with Gasteiger partial charge < -0.3 is 15.5 Å². The Balaban J connectivity index is 1.42. The van der Waals surface area contributed by atoms with E-state index < -0.39 is 0 Å². The Morgan fingerprint density at radius 2 is 1.94 bits per heavy atom. The van der Waals surface area contributed by atoms with Crippen molar-refractivity contribution in [2.75, 3.05) is 24.5 Å². The maximum absolute atomic E-state index is 4.96. The van der Waals surface area contributed by atoms with Crippen LogP contribution in [0.4, 0.5) is 11.5 Å². The smallest absolute Gasteiger partial charge is 0.140 e. The summed E-state index contributed by atoms with van der Waals surface area (Å²) in [6.45, 7) is 8.97. The van der Waals surface area contributed by atoms with Crippen LogP contribution in [0.3, 0.4) is 0 Å². The molecular weight excluding hydrogens is 406 g/mol. The number of rotatable bonds is 5. The van der Waals surface area contributed by atoms with Crippen molar-refractivity contribution in [2.45, 2.75) is 89.1 Å². The molecule has 2 aromatic rings. The molecule has 2 aliphatic heterocycles. The van der Waals surface area contributed by atoms with E-state index in [2.05, 4.69) is 47.6 Å². The number of anilines is 2. The van der Waals surface area contributed by atoms with E-state index in [1.807, 2.05) is 6.33 Å². The summed E-state index contributed by atoms with van der Waals surface area (Å²) < 4.78 is 0. The molecule has 6 rings (SSSR count). The first-order chi connectivity index (χ1) is 16.2. The highest BCUT2D eigenvalue weighted by atomic mass is 15.2. The molecule has 0 unspecified atom stereocenters. The highest BCUT2D eigenvalue weighted by Gasteiger charge is 2.46. The van der Waals surface area contributed by atoms with Crippen LogP contribution in [0.2, 0.25) is 0 Å². The molecule has 1 atom stereocenters. The van der Waals surface area contributed by atoms with Gasteiger partial charge in [0.25, 0.3) is 0 Å².